The van der Waals surface area contributed by atoms with E-state index in [1.165, 1.54) is 0 Å². The van der Waals surface area contributed by atoms with Crippen LogP contribution in [0.5, 0.6) is 5.75 Å². The Hall–Kier alpha value is -2.22. The SMILES string of the molecule is COc1ccc(-c2nnc(SC(C)C(=O)Nc3cc(Cl)cc(Cl)c3)o2)cc1. The van der Waals surface area contributed by atoms with Crippen LogP contribution in [0.3, 0.4) is 0 Å². The van der Waals surface area contributed by atoms with E-state index in [2.05, 4.69) is 15.5 Å². The minimum Gasteiger partial charge on any atom is -0.497 e. The molecule has 1 N–H and O–H groups in total. The molecule has 1 unspecified atom stereocenters. The molecule has 2 aromatic carbocycles. The van der Waals surface area contributed by atoms with E-state index in [0.717, 1.165) is 23.1 Å². The van der Waals surface area contributed by atoms with Crippen molar-refractivity contribution in [2.45, 2.75) is 17.4 Å². The summed E-state index contributed by atoms with van der Waals surface area (Å²) in [5.74, 6) is 0.871. The molecule has 27 heavy (non-hydrogen) atoms. The first-order chi connectivity index (χ1) is 12.9. The van der Waals surface area contributed by atoms with Crippen LogP contribution in [0, 0.1) is 0 Å². The molecule has 0 spiro atoms. The summed E-state index contributed by atoms with van der Waals surface area (Å²) in [4.78, 5) is 12.4. The molecule has 0 aliphatic rings. The van der Waals surface area contributed by atoms with Crippen LogP contribution < -0.4 is 10.1 Å². The fourth-order valence-corrected chi connectivity index (χ4v) is 3.39. The molecule has 1 aromatic heterocycles. The Morgan fingerprint density at radius 2 is 1.81 bits per heavy atom. The average Bonchev–Trinajstić information content (AvgIpc) is 3.09. The first kappa shape index (κ1) is 19.5. The van der Waals surface area contributed by atoms with Gasteiger partial charge in [-0.25, -0.2) is 0 Å². The van der Waals surface area contributed by atoms with Gasteiger partial charge in [0, 0.05) is 21.3 Å². The molecule has 3 aromatic rings. The van der Waals surface area contributed by atoms with Gasteiger partial charge in [-0.15, -0.1) is 10.2 Å². The number of methoxy groups -OCH3 is 1. The predicted molar refractivity (Wildman–Crippen MR) is 107 cm³/mol. The van der Waals surface area contributed by atoms with Crippen molar-refractivity contribution in [1.82, 2.24) is 10.2 Å². The zero-order chi connectivity index (χ0) is 19.4. The van der Waals surface area contributed by atoms with Crippen molar-refractivity contribution >= 4 is 46.6 Å². The second-order valence-corrected chi connectivity index (χ2v) is 7.67. The number of rotatable bonds is 6. The number of nitrogens with one attached hydrogen (secondary N) is 1. The van der Waals surface area contributed by atoms with Crippen LogP contribution in [0.15, 0.2) is 52.1 Å². The van der Waals surface area contributed by atoms with E-state index in [1.807, 2.05) is 12.1 Å². The third-order valence-electron chi connectivity index (χ3n) is 3.52. The van der Waals surface area contributed by atoms with E-state index >= 15 is 0 Å². The number of carbonyl (C=O) groups excluding carboxylic acids is 1. The first-order valence-corrected chi connectivity index (χ1v) is 9.49. The lowest BCUT2D eigenvalue weighted by atomic mass is 10.2. The lowest BCUT2D eigenvalue weighted by Gasteiger charge is -2.10. The van der Waals surface area contributed by atoms with Crippen LogP contribution in [-0.2, 0) is 4.79 Å². The zero-order valence-corrected chi connectivity index (χ0v) is 16.7. The lowest BCUT2D eigenvalue weighted by molar-refractivity contribution is -0.115. The minimum absolute atomic E-state index is 0.234. The molecule has 0 fully saturated rings. The second kappa shape index (κ2) is 8.65. The number of hydrogen-bond acceptors (Lipinski definition) is 6. The van der Waals surface area contributed by atoms with Crippen LogP contribution >= 0.6 is 35.0 Å². The Morgan fingerprint density at radius 3 is 2.44 bits per heavy atom. The largest absolute Gasteiger partial charge is 0.497 e. The molecule has 0 radical (unpaired) electrons. The molecule has 3 rings (SSSR count). The topological polar surface area (TPSA) is 77.2 Å². The molecule has 9 heteroatoms. The Balaban J connectivity index is 1.64. The molecule has 0 saturated heterocycles. The summed E-state index contributed by atoms with van der Waals surface area (Å²) in [5, 5.41) is 11.5. The first-order valence-electron chi connectivity index (χ1n) is 7.86. The molecule has 1 heterocycles. The fourth-order valence-electron chi connectivity index (χ4n) is 2.18. The molecule has 0 bridgehead atoms. The van der Waals surface area contributed by atoms with Crippen LogP contribution in [0.1, 0.15) is 6.92 Å². The molecular formula is C18H15Cl2N3O3S. The van der Waals surface area contributed by atoms with Gasteiger partial charge >= 0.3 is 0 Å². The molecule has 0 aliphatic heterocycles. The van der Waals surface area contributed by atoms with E-state index in [-0.39, 0.29) is 5.91 Å². The quantitative estimate of drug-likeness (QED) is 0.550. The molecular weight excluding hydrogens is 409 g/mol. The van der Waals surface area contributed by atoms with Gasteiger partial charge in [-0.3, -0.25) is 4.79 Å². The van der Waals surface area contributed by atoms with E-state index in [0.29, 0.717) is 26.8 Å². The Labute approximate surface area is 170 Å². The number of nitrogens with zero attached hydrogens (tertiary/aromatic N) is 2. The summed E-state index contributed by atoms with van der Waals surface area (Å²) in [6.07, 6.45) is 0. The maximum atomic E-state index is 12.4. The monoisotopic (exact) mass is 423 g/mol. The van der Waals surface area contributed by atoms with E-state index in [1.54, 1.807) is 44.4 Å². The van der Waals surface area contributed by atoms with Gasteiger partial charge in [0.15, 0.2) is 0 Å². The highest BCUT2D eigenvalue weighted by atomic mass is 35.5. The Kier molecular flexibility index (Phi) is 6.26. The summed E-state index contributed by atoms with van der Waals surface area (Å²) in [5.41, 5.74) is 1.29. The van der Waals surface area contributed by atoms with Crippen LogP contribution in [0.4, 0.5) is 5.69 Å². The highest BCUT2D eigenvalue weighted by molar-refractivity contribution is 8.00. The van der Waals surface area contributed by atoms with Gasteiger partial charge in [-0.1, -0.05) is 35.0 Å². The van der Waals surface area contributed by atoms with E-state index in [4.69, 9.17) is 32.4 Å². The molecule has 0 saturated carbocycles. The van der Waals surface area contributed by atoms with Crippen molar-refractivity contribution in [1.29, 1.82) is 0 Å². The third kappa shape index (κ3) is 5.15. The maximum Gasteiger partial charge on any atom is 0.277 e. The third-order valence-corrected chi connectivity index (χ3v) is 4.89. The standard InChI is InChI=1S/C18H15Cl2N3O3S/c1-10(16(24)21-14-8-12(19)7-13(20)9-14)27-18-23-22-17(26-18)11-3-5-15(25-2)6-4-11/h3-10H,1-2H3,(H,21,24). The summed E-state index contributed by atoms with van der Waals surface area (Å²) >= 11 is 13.0. The number of carbonyl (C=O) groups is 1. The highest BCUT2D eigenvalue weighted by Crippen LogP contribution is 2.28. The lowest BCUT2D eigenvalue weighted by Crippen LogP contribution is -2.22. The highest BCUT2D eigenvalue weighted by Gasteiger charge is 2.19. The number of aromatic nitrogens is 2. The molecule has 1 atom stereocenters. The van der Waals surface area contributed by atoms with Crippen molar-refractivity contribution in [2.75, 3.05) is 12.4 Å². The van der Waals surface area contributed by atoms with Crippen LogP contribution in [0.25, 0.3) is 11.5 Å². The molecule has 140 valence electrons. The maximum absolute atomic E-state index is 12.4. The predicted octanol–water partition coefficient (Wildman–Crippen LogP) is 5.17. The number of thioether (sulfide) groups is 1. The van der Waals surface area contributed by atoms with Crippen molar-refractivity contribution in [3.05, 3.63) is 52.5 Å². The average molecular weight is 424 g/mol. The van der Waals surface area contributed by atoms with Gasteiger partial charge in [-0.05, 0) is 49.4 Å². The van der Waals surface area contributed by atoms with Crippen molar-refractivity contribution < 1.29 is 13.9 Å². The number of anilines is 1. The number of hydrogen-bond donors (Lipinski definition) is 1. The van der Waals surface area contributed by atoms with Crippen molar-refractivity contribution in [3.8, 4) is 17.2 Å². The number of halogens is 2. The van der Waals surface area contributed by atoms with Gasteiger partial charge < -0.3 is 14.5 Å². The molecule has 6 nitrogen and oxygen atoms in total. The van der Waals surface area contributed by atoms with Crippen molar-refractivity contribution in [3.63, 3.8) is 0 Å². The second-order valence-electron chi connectivity index (χ2n) is 5.51. The number of benzene rings is 2. The smallest absolute Gasteiger partial charge is 0.277 e. The van der Waals surface area contributed by atoms with Gasteiger partial charge in [0.25, 0.3) is 5.22 Å². The Morgan fingerprint density at radius 1 is 1.15 bits per heavy atom. The summed E-state index contributed by atoms with van der Waals surface area (Å²) in [6, 6.07) is 12.1. The summed E-state index contributed by atoms with van der Waals surface area (Å²) in [7, 11) is 1.60. The minimum atomic E-state index is -0.466. The Bertz CT molecular complexity index is 927. The number of amides is 1. The normalized spacial score (nSPS) is 11.9. The molecule has 0 aliphatic carbocycles. The van der Waals surface area contributed by atoms with Gasteiger partial charge in [0.2, 0.25) is 11.8 Å². The van der Waals surface area contributed by atoms with E-state index < -0.39 is 5.25 Å². The van der Waals surface area contributed by atoms with Crippen molar-refractivity contribution in [2.24, 2.45) is 0 Å². The number of ether oxygens (including phenoxy) is 1. The summed E-state index contributed by atoms with van der Waals surface area (Å²) < 4.78 is 10.8. The zero-order valence-electron chi connectivity index (χ0n) is 14.4. The van der Waals surface area contributed by atoms with Gasteiger partial charge in [0.1, 0.15) is 5.75 Å². The summed E-state index contributed by atoms with van der Waals surface area (Å²) in [6.45, 7) is 1.74. The van der Waals surface area contributed by atoms with E-state index in [9.17, 15) is 4.79 Å². The van der Waals surface area contributed by atoms with Gasteiger partial charge in [-0.2, -0.15) is 0 Å². The van der Waals surface area contributed by atoms with Crippen LogP contribution in [-0.4, -0.2) is 28.5 Å². The van der Waals surface area contributed by atoms with Crippen LogP contribution in [0.2, 0.25) is 10.0 Å². The van der Waals surface area contributed by atoms with Gasteiger partial charge in [0.05, 0.1) is 12.4 Å². The fraction of sp³-hybridized carbons (Fsp3) is 0.167. The molecule has 1 amide bonds.